The van der Waals surface area contributed by atoms with Gasteiger partial charge in [0.25, 0.3) is 0 Å². The molecular weight excluding hydrogens is 224 g/mol. The van der Waals surface area contributed by atoms with Gasteiger partial charge in [0.1, 0.15) is 0 Å². The van der Waals surface area contributed by atoms with Gasteiger partial charge in [0, 0.05) is 31.9 Å². The molecular formula is C15H24N2O. The van der Waals surface area contributed by atoms with Gasteiger partial charge in [-0.05, 0) is 37.0 Å². The van der Waals surface area contributed by atoms with Crippen LogP contribution >= 0.6 is 0 Å². The van der Waals surface area contributed by atoms with Gasteiger partial charge in [-0.3, -0.25) is 0 Å². The van der Waals surface area contributed by atoms with E-state index in [1.54, 1.807) is 0 Å². The summed E-state index contributed by atoms with van der Waals surface area (Å²) in [5, 5.41) is 0. The van der Waals surface area contributed by atoms with Crippen LogP contribution in [0, 0.1) is 0 Å². The van der Waals surface area contributed by atoms with E-state index in [0.29, 0.717) is 6.10 Å². The van der Waals surface area contributed by atoms with Gasteiger partial charge in [-0.15, -0.1) is 0 Å². The van der Waals surface area contributed by atoms with Gasteiger partial charge in [-0.2, -0.15) is 0 Å². The highest BCUT2D eigenvalue weighted by atomic mass is 16.5. The molecule has 0 saturated carbocycles. The Bertz CT molecular complexity index is 357. The van der Waals surface area contributed by atoms with Crippen molar-refractivity contribution in [3.05, 3.63) is 29.8 Å². The molecule has 1 aromatic rings. The summed E-state index contributed by atoms with van der Waals surface area (Å²) >= 11 is 0. The lowest BCUT2D eigenvalue weighted by Gasteiger charge is -2.23. The van der Waals surface area contributed by atoms with Crippen molar-refractivity contribution in [1.82, 2.24) is 0 Å². The Hall–Kier alpha value is -1.06. The van der Waals surface area contributed by atoms with Crippen LogP contribution in [0.4, 0.5) is 5.69 Å². The highest BCUT2D eigenvalue weighted by Gasteiger charge is 2.17. The van der Waals surface area contributed by atoms with E-state index in [2.05, 4.69) is 43.1 Å². The second kappa shape index (κ2) is 6.21. The van der Waals surface area contributed by atoms with Crippen LogP contribution in [0.25, 0.3) is 0 Å². The Labute approximate surface area is 110 Å². The summed E-state index contributed by atoms with van der Waals surface area (Å²) in [4.78, 5) is 2.26. The average Bonchev–Trinajstić information content (AvgIpc) is 2.91. The molecule has 0 bridgehead atoms. The predicted molar refractivity (Wildman–Crippen MR) is 75.9 cm³/mol. The van der Waals surface area contributed by atoms with E-state index in [1.807, 2.05) is 0 Å². The first-order chi connectivity index (χ1) is 8.70. The molecule has 1 heterocycles. The molecule has 1 fully saturated rings. The van der Waals surface area contributed by atoms with E-state index in [4.69, 9.17) is 10.5 Å². The lowest BCUT2D eigenvalue weighted by molar-refractivity contribution is 0.116. The lowest BCUT2D eigenvalue weighted by Crippen LogP contribution is -2.28. The van der Waals surface area contributed by atoms with Crippen molar-refractivity contribution >= 4 is 5.69 Å². The number of ether oxygens (including phenoxy) is 1. The van der Waals surface area contributed by atoms with Gasteiger partial charge in [-0.1, -0.05) is 19.1 Å². The summed E-state index contributed by atoms with van der Waals surface area (Å²) in [6, 6.07) is 8.73. The van der Waals surface area contributed by atoms with Gasteiger partial charge in [0.15, 0.2) is 0 Å². The molecule has 1 unspecified atom stereocenters. The Morgan fingerprint density at radius 2 is 2.11 bits per heavy atom. The summed E-state index contributed by atoms with van der Waals surface area (Å²) in [5.41, 5.74) is 8.47. The third-order valence-corrected chi connectivity index (χ3v) is 3.70. The third-order valence-electron chi connectivity index (χ3n) is 3.70. The van der Waals surface area contributed by atoms with Crippen LogP contribution in [0.1, 0.15) is 37.8 Å². The van der Waals surface area contributed by atoms with E-state index in [9.17, 15) is 0 Å². The molecule has 3 heteroatoms. The minimum atomic E-state index is 0.155. The lowest BCUT2D eigenvalue weighted by atomic mass is 10.1. The topological polar surface area (TPSA) is 38.5 Å². The Balaban J connectivity index is 1.95. The molecule has 0 amide bonds. The smallest absolute Gasteiger partial charge is 0.0750 e. The summed E-state index contributed by atoms with van der Waals surface area (Å²) in [6.07, 6.45) is 3.75. The van der Waals surface area contributed by atoms with Gasteiger partial charge in [0.05, 0.1) is 6.10 Å². The quantitative estimate of drug-likeness (QED) is 0.870. The van der Waals surface area contributed by atoms with Crippen LogP contribution in [-0.2, 0) is 4.74 Å². The summed E-state index contributed by atoms with van der Waals surface area (Å²) in [7, 11) is 2.12. The second-order valence-electron chi connectivity index (χ2n) is 5.12. The average molecular weight is 248 g/mol. The summed E-state index contributed by atoms with van der Waals surface area (Å²) in [5.74, 6) is 0. The molecule has 1 aromatic carbocycles. The minimum absolute atomic E-state index is 0.155. The van der Waals surface area contributed by atoms with Crippen LogP contribution in [0.5, 0.6) is 0 Å². The van der Waals surface area contributed by atoms with Crippen LogP contribution in [0.2, 0.25) is 0 Å². The zero-order chi connectivity index (χ0) is 13.0. The first-order valence-electron chi connectivity index (χ1n) is 6.89. The zero-order valence-corrected chi connectivity index (χ0v) is 11.4. The Morgan fingerprint density at radius 3 is 2.67 bits per heavy atom. The molecule has 0 spiro atoms. The standard InChI is InChI=1S/C15H24N2O/c1-3-15(16)12-6-8-13(9-7-12)17(2)11-14-5-4-10-18-14/h6-9,14-15H,3-5,10-11,16H2,1-2H3/t14?,15-/m1/s1. The highest BCUT2D eigenvalue weighted by molar-refractivity contribution is 5.47. The molecule has 2 N–H and O–H groups in total. The third kappa shape index (κ3) is 3.24. The van der Waals surface area contributed by atoms with Crippen molar-refractivity contribution in [2.45, 2.75) is 38.3 Å². The van der Waals surface area contributed by atoms with Crippen molar-refractivity contribution in [2.75, 3.05) is 25.1 Å². The molecule has 3 nitrogen and oxygen atoms in total. The van der Waals surface area contributed by atoms with Crippen molar-refractivity contribution < 1.29 is 4.74 Å². The predicted octanol–water partition coefficient (Wildman–Crippen LogP) is 2.71. The van der Waals surface area contributed by atoms with Crippen molar-refractivity contribution in [2.24, 2.45) is 5.73 Å². The first-order valence-corrected chi connectivity index (χ1v) is 6.89. The molecule has 1 aliphatic rings. The number of nitrogens with zero attached hydrogens (tertiary/aromatic N) is 1. The van der Waals surface area contributed by atoms with Crippen LogP contribution in [-0.4, -0.2) is 26.3 Å². The maximum Gasteiger partial charge on any atom is 0.0750 e. The van der Waals surface area contributed by atoms with Gasteiger partial charge >= 0.3 is 0 Å². The van der Waals surface area contributed by atoms with E-state index in [1.165, 1.54) is 24.1 Å². The van der Waals surface area contributed by atoms with Gasteiger partial charge in [0.2, 0.25) is 0 Å². The van der Waals surface area contributed by atoms with Gasteiger partial charge < -0.3 is 15.4 Å². The van der Waals surface area contributed by atoms with Crippen molar-refractivity contribution in [3.8, 4) is 0 Å². The molecule has 2 rings (SSSR count). The fourth-order valence-corrected chi connectivity index (χ4v) is 2.41. The maximum atomic E-state index is 6.02. The number of benzene rings is 1. The molecule has 0 aliphatic carbocycles. The molecule has 0 radical (unpaired) electrons. The number of rotatable bonds is 5. The molecule has 1 aliphatic heterocycles. The number of hydrogen-bond acceptors (Lipinski definition) is 3. The van der Waals surface area contributed by atoms with E-state index in [-0.39, 0.29) is 6.04 Å². The SMILES string of the molecule is CC[C@@H](N)c1ccc(N(C)CC2CCCO2)cc1. The molecule has 18 heavy (non-hydrogen) atoms. The number of anilines is 1. The van der Waals surface area contributed by atoms with Crippen molar-refractivity contribution in [1.29, 1.82) is 0 Å². The Kier molecular flexibility index (Phi) is 4.61. The first kappa shape index (κ1) is 13.4. The largest absolute Gasteiger partial charge is 0.376 e. The van der Waals surface area contributed by atoms with E-state index in [0.717, 1.165) is 19.6 Å². The van der Waals surface area contributed by atoms with Crippen molar-refractivity contribution in [3.63, 3.8) is 0 Å². The monoisotopic (exact) mass is 248 g/mol. The molecule has 2 atom stereocenters. The molecule has 0 aromatic heterocycles. The van der Waals surface area contributed by atoms with E-state index < -0.39 is 0 Å². The number of likely N-dealkylation sites (N-methyl/N-ethyl adjacent to an activating group) is 1. The molecule has 100 valence electrons. The maximum absolute atomic E-state index is 6.02. The molecule has 1 saturated heterocycles. The van der Waals surface area contributed by atoms with Crippen LogP contribution in [0.3, 0.4) is 0 Å². The zero-order valence-electron chi connectivity index (χ0n) is 11.4. The second-order valence-corrected chi connectivity index (χ2v) is 5.12. The fraction of sp³-hybridized carbons (Fsp3) is 0.600. The number of nitrogens with two attached hydrogens (primary N) is 1. The fourth-order valence-electron chi connectivity index (χ4n) is 2.41. The minimum Gasteiger partial charge on any atom is -0.376 e. The summed E-state index contributed by atoms with van der Waals surface area (Å²) < 4.78 is 5.66. The Morgan fingerprint density at radius 1 is 1.39 bits per heavy atom. The summed E-state index contributed by atoms with van der Waals surface area (Å²) in [6.45, 7) is 4.00. The van der Waals surface area contributed by atoms with E-state index >= 15 is 0 Å². The normalized spacial score (nSPS) is 20.9. The van der Waals surface area contributed by atoms with Gasteiger partial charge in [-0.25, -0.2) is 0 Å². The number of hydrogen-bond donors (Lipinski definition) is 1. The highest BCUT2D eigenvalue weighted by Crippen LogP contribution is 2.21. The van der Waals surface area contributed by atoms with Crippen LogP contribution < -0.4 is 10.6 Å². The van der Waals surface area contributed by atoms with Crippen LogP contribution in [0.15, 0.2) is 24.3 Å².